The van der Waals surface area contributed by atoms with Crippen LogP contribution >= 0.6 is 11.6 Å². The molecule has 1 aliphatic rings. The Morgan fingerprint density at radius 2 is 2.00 bits per heavy atom. The average Bonchev–Trinajstić information content (AvgIpc) is 3.10. The molecule has 0 fully saturated rings. The van der Waals surface area contributed by atoms with Crippen molar-refractivity contribution in [2.45, 2.75) is 32.6 Å². The minimum atomic E-state index is -0.396. The topological polar surface area (TPSA) is 64.0 Å². The van der Waals surface area contributed by atoms with Crippen molar-refractivity contribution in [3.05, 3.63) is 46.1 Å². The van der Waals surface area contributed by atoms with Gasteiger partial charge in [-0.05, 0) is 43.5 Å². The van der Waals surface area contributed by atoms with Crippen molar-refractivity contribution >= 4 is 29.1 Å². The van der Waals surface area contributed by atoms with E-state index in [1.807, 2.05) is 7.05 Å². The second-order valence-corrected chi connectivity index (χ2v) is 6.71. The molecule has 0 spiro atoms. The van der Waals surface area contributed by atoms with Crippen LogP contribution in [0.4, 0.5) is 5.82 Å². The number of benzene rings is 1. The zero-order valence-corrected chi connectivity index (χ0v) is 14.6. The maximum Gasteiger partial charge on any atom is 0.226 e. The van der Waals surface area contributed by atoms with Crippen molar-refractivity contribution in [3.63, 3.8) is 0 Å². The fourth-order valence-corrected chi connectivity index (χ4v) is 3.25. The van der Waals surface area contributed by atoms with Gasteiger partial charge >= 0.3 is 0 Å². The molecule has 126 valence electrons. The lowest BCUT2D eigenvalue weighted by Gasteiger charge is -2.12. The fourth-order valence-electron chi connectivity index (χ4n) is 3.13. The number of hydrogen-bond acceptors (Lipinski definition) is 3. The van der Waals surface area contributed by atoms with E-state index in [1.165, 1.54) is 0 Å². The average molecular weight is 346 g/mol. The van der Waals surface area contributed by atoms with Crippen molar-refractivity contribution in [1.82, 2.24) is 9.78 Å². The summed E-state index contributed by atoms with van der Waals surface area (Å²) in [5.41, 5.74) is 2.77. The van der Waals surface area contributed by atoms with Gasteiger partial charge in [0.15, 0.2) is 5.78 Å². The van der Waals surface area contributed by atoms with Crippen LogP contribution in [-0.2, 0) is 24.7 Å². The summed E-state index contributed by atoms with van der Waals surface area (Å²) in [6.45, 7) is 1.77. The van der Waals surface area contributed by atoms with Crippen molar-refractivity contribution in [2.75, 3.05) is 5.32 Å². The zero-order valence-electron chi connectivity index (χ0n) is 13.8. The molecule has 1 atom stereocenters. The molecule has 2 aromatic rings. The zero-order chi connectivity index (χ0) is 17.3. The maximum atomic E-state index is 12.4. The summed E-state index contributed by atoms with van der Waals surface area (Å²) in [6.07, 6.45) is 3.12. The first kappa shape index (κ1) is 16.7. The number of halogens is 1. The van der Waals surface area contributed by atoms with E-state index in [0.717, 1.165) is 36.3 Å². The highest BCUT2D eigenvalue weighted by Crippen LogP contribution is 2.28. The van der Waals surface area contributed by atoms with E-state index in [2.05, 4.69) is 10.4 Å². The van der Waals surface area contributed by atoms with Gasteiger partial charge in [-0.1, -0.05) is 18.5 Å². The minimum Gasteiger partial charge on any atom is -0.311 e. The van der Waals surface area contributed by atoms with Gasteiger partial charge < -0.3 is 5.32 Å². The predicted molar refractivity (Wildman–Crippen MR) is 93.4 cm³/mol. The monoisotopic (exact) mass is 345 g/mol. The van der Waals surface area contributed by atoms with Gasteiger partial charge in [-0.25, -0.2) is 0 Å². The minimum absolute atomic E-state index is 0.0583. The summed E-state index contributed by atoms with van der Waals surface area (Å²) in [4.78, 5) is 24.7. The van der Waals surface area contributed by atoms with Crippen molar-refractivity contribution in [1.29, 1.82) is 0 Å². The molecular weight excluding hydrogens is 326 g/mol. The van der Waals surface area contributed by atoms with E-state index in [4.69, 9.17) is 11.6 Å². The maximum absolute atomic E-state index is 12.4. The lowest BCUT2D eigenvalue weighted by molar-refractivity contribution is -0.116. The summed E-state index contributed by atoms with van der Waals surface area (Å²) in [5, 5.41) is 7.95. The molecule has 5 nitrogen and oxygen atoms in total. The third-order valence-electron chi connectivity index (χ3n) is 4.39. The molecular formula is C18H20ClN3O2. The number of rotatable bonds is 5. The Balaban J connectivity index is 1.64. The third kappa shape index (κ3) is 3.36. The highest BCUT2D eigenvalue weighted by molar-refractivity contribution is 6.30. The first-order valence-corrected chi connectivity index (χ1v) is 8.48. The molecule has 3 rings (SSSR count). The summed E-state index contributed by atoms with van der Waals surface area (Å²) in [7, 11) is 1.83. The van der Waals surface area contributed by atoms with Crippen LogP contribution in [0, 0.1) is 5.92 Å². The number of carbonyl (C=O) groups excluding carboxylic acids is 2. The van der Waals surface area contributed by atoms with Crippen molar-refractivity contribution in [2.24, 2.45) is 13.0 Å². The fraction of sp³-hybridized carbons (Fsp3) is 0.389. The molecule has 0 radical (unpaired) electrons. The number of ketones is 1. The van der Waals surface area contributed by atoms with Gasteiger partial charge in [-0.15, -0.1) is 0 Å². The summed E-state index contributed by atoms with van der Waals surface area (Å²) in [5.74, 6) is 0.144. The van der Waals surface area contributed by atoms with Gasteiger partial charge in [0.2, 0.25) is 5.91 Å². The van der Waals surface area contributed by atoms with E-state index >= 15 is 0 Å². The molecule has 0 bridgehead atoms. The van der Waals surface area contributed by atoms with Gasteiger partial charge in [0.05, 0.1) is 5.69 Å². The standard InChI is InChI=1S/C18H20ClN3O2/c1-11(17(24)12-6-8-13(19)9-7-12)10-16(23)20-18-14-4-3-5-15(14)21-22(18)2/h6-9,11H,3-5,10H2,1-2H3,(H,20,23). The van der Waals surface area contributed by atoms with Gasteiger partial charge in [0.1, 0.15) is 5.82 Å². The number of aryl methyl sites for hydroxylation is 2. The number of amides is 1. The third-order valence-corrected chi connectivity index (χ3v) is 4.65. The van der Waals surface area contributed by atoms with Crippen LogP contribution < -0.4 is 5.32 Å². The molecule has 1 aromatic heterocycles. The largest absolute Gasteiger partial charge is 0.311 e. The second-order valence-electron chi connectivity index (χ2n) is 6.28. The van der Waals surface area contributed by atoms with Crippen LogP contribution in [0.3, 0.4) is 0 Å². The molecule has 0 saturated heterocycles. The van der Waals surface area contributed by atoms with Crippen molar-refractivity contribution < 1.29 is 9.59 Å². The smallest absolute Gasteiger partial charge is 0.226 e. The molecule has 1 N–H and O–H groups in total. The number of nitrogens with zero attached hydrogens (tertiary/aromatic N) is 2. The Morgan fingerprint density at radius 1 is 1.29 bits per heavy atom. The van der Waals surface area contributed by atoms with Gasteiger partial charge in [0, 0.05) is 35.5 Å². The van der Waals surface area contributed by atoms with Crippen LogP contribution in [0.25, 0.3) is 0 Å². The van der Waals surface area contributed by atoms with E-state index in [1.54, 1.807) is 35.9 Å². The number of carbonyl (C=O) groups is 2. The molecule has 6 heteroatoms. The number of nitrogens with one attached hydrogen (secondary N) is 1. The molecule has 1 heterocycles. The number of fused-ring (bicyclic) bond motifs is 1. The van der Waals surface area contributed by atoms with Crippen LogP contribution in [-0.4, -0.2) is 21.5 Å². The van der Waals surface area contributed by atoms with E-state index < -0.39 is 5.92 Å². The van der Waals surface area contributed by atoms with Gasteiger partial charge in [-0.2, -0.15) is 5.10 Å². The van der Waals surface area contributed by atoms with E-state index in [9.17, 15) is 9.59 Å². The summed E-state index contributed by atoms with van der Waals surface area (Å²) < 4.78 is 1.72. The first-order chi connectivity index (χ1) is 11.5. The van der Waals surface area contributed by atoms with Gasteiger partial charge in [0.25, 0.3) is 0 Å². The summed E-state index contributed by atoms with van der Waals surface area (Å²) in [6, 6.07) is 6.74. The van der Waals surface area contributed by atoms with E-state index in [-0.39, 0.29) is 18.1 Å². The Labute approximate surface area is 146 Å². The number of Topliss-reactive ketones (excluding diaryl/α,β-unsaturated/α-hetero) is 1. The van der Waals surface area contributed by atoms with Crippen LogP contribution in [0.1, 0.15) is 41.4 Å². The quantitative estimate of drug-likeness (QED) is 0.844. The lowest BCUT2D eigenvalue weighted by atomic mass is 9.96. The molecule has 1 aliphatic carbocycles. The molecule has 1 aromatic carbocycles. The molecule has 24 heavy (non-hydrogen) atoms. The molecule has 1 unspecified atom stereocenters. The molecule has 0 saturated carbocycles. The van der Waals surface area contributed by atoms with Gasteiger partial charge in [-0.3, -0.25) is 14.3 Å². The number of aromatic nitrogens is 2. The Morgan fingerprint density at radius 3 is 2.71 bits per heavy atom. The van der Waals surface area contributed by atoms with Crippen LogP contribution in [0.5, 0.6) is 0 Å². The molecule has 0 aliphatic heterocycles. The van der Waals surface area contributed by atoms with Crippen molar-refractivity contribution in [3.8, 4) is 0 Å². The van der Waals surface area contributed by atoms with Crippen LogP contribution in [0.15, 0.2) is 24.3 Å². The Bertz CT molecular complexity index is 780. The lowest BCUT2D eigenvalue weighted by Crippen LogP contribution is -2.22. The van der Waals surface area contributed by atoms with E-state index in [0.29, 0.717) is 10.6 Å². The molecule has 1 amide bonds. The Hall–Kier alpha value is -2.14. The number of hydrogen-bond donors (Lipinski definition) is 1. The SMILES string of the molecule is CC(CC(=O)Nc1c2c(nn1C)CCC2)C(=O)c1ccc(Cl)cc1. The Kier molecular flexibility index (Phi) is 4.71. The first-order valence-electron chi connectivity index (χ1n) is 8.10. The second kappa shape index (κ2) is 6.77. The normalized spacial score (nSPS) is 14.3. The van der Waals surface area contributed by atoms with Crippen LogP contribution in [0.2, 0.25) is 5.02 Å². The summed E-state index contributed by atoms with van der Waals surface area (Å²) >= 11 is 5.84. The highest BCUT2D eigenvalue weighted by atomic mass is 35.5. The predicted octanol–water partition coefficient (Wildman–Crippen LogP) is 3.41. The number of anilines is 1. The highest BCUT2D eigenvalue weighted by Gasteiger charge is 2.24.